The third kappa shape index (κ3) is 4.50. The molecule has 2 aliphatic rings. The molecule has 2 fully saturated rings. The fraction of sp³-hybridized carbons (Fsp3) is 0.667. The van der Waals surface area contributed by atoms with Crippen LogP contribution in [0.4, 0.5) is 0 Å². The highest BCUT2D eigenvalue weighted by Gasteiger charge is 2.31. The molecule has 3 rings (SSSR count). The summed E-state index contributed by atoms with van der Waals surface area (Å²) in [6, 6.07) is 6.48. The zero-order chi connectivity index (χ0) is 18.4. The van der Waals surface area contributed by atoms with Crippen LogP contribution in [0.1, 0.15) is 44.1 Å². The Morgan fingerprint density at radius 3 is 2.73 bits per heavy atom. The molecule has 0 aliphatic carbocycles. The molecule has 0 bridgehead atoms. The lowest BCUT2D eigenvalue weighted by atomic mass is 9.92. The van der Waals surface area contributed by atoms with E-state index in [-0.39, 0.29) is 5.92 Å². The van der Waals surface area contributed by atoms with Crippen LogP contribution in [-0.4, -0.2) is 50.7 Å². The smallest absolute Gasteiger partial charge is 0.227 e. The van der Waals surface area contributed by atoms with Gasteiger partial charge in [-0.1, -0.05) is 6.07 Å². The number of hydrogen-bond acceptors (Lipinski definition) is 4. The van der Waals surface area contributed by atoms with Gasteiger partial charge in [0.05, 0.1) is 20.1 Å². The summed E-state index contributed by atoms with van der Waals surface area (Å²) in [4.78, 5) is 15.2. The number of nitrogens with one attached hydrogen (secondary N) is 1. The number of rotatable bonds is 6. The maximum Gasteiger partial charge on any atom is 0.227 e. The molecule has 2 unspecified atom stereocenters. The first kappa shape index (κ1) is 19.0. The SMILES string of the molecule is COc1ccc(CCC2CCCCN2C(=O)C2CCCNC2)cc1OC. The van der Waals surface area contributed by atoms with Crippen LogP contribution in [0.25, 0.3) is 0 Å². The third-order valence-electron chi connectivity index (χ3n) is 5.77. The van der Waals surface area contributed by atoms with E-state index in [2.05, 4.69) is 22.3 Å². The first-order valence-corrected chi connectivity index (χ1v) is 9.95. The lowest BCUT2D eigenvalue weighted by Gasteiger charge is -2.39. The van der Waals surface area contributed by atoms with Gasteiger partial charge >= 0.3 is 0 Å². The Balaban J connectivity index is 1.62. The molecule has 5 heteroatoms. The molecule has 1 aromatic carbocycles. The van der Waals surface area contributed by atoms with Gasteiger partial charge in [0.15, 0.2) is 11.5 Å². The number of piperidine rings is 2. The number of hydrogen-bond donors (Lipinski definition) is 1. The summed E-state index contributed by atoms with van der Waals surface area (Å²) in [5.74, 6) is 2.07. The molecule has 5 nitrogen and oxygen atoms in total. The van der Waals surface area contributed by atoms with Crippen molar-refractivity contribution in [3.05, 3.63) is 23.8 Å². The Morgan fingerprint density at radius 1 is 1.15 bits per heavy atom. The van der Waals surface area contributed by atoms with Gasteiger partial charge < -0.3 is 19.7 Å². The molecular formula is C21H32N2O3. The molecule has 1 amide bonds. The Labute approximate surface area is 157 Å². The van der Waals surface area contributed by atoms with Crippen molar-refractivity contribution in [3.63, 3.8) is 0 Å². The third-order valence-corrected chi connectivity index (χ3v) is 5.77. The number of amides is 1. The minimum Gasteiger partial charge on any atom is -0.493 e. The summed E-state index contributed by atoms with van der Waals surface area (Å²) < 4.78 is 10.7. The minimum absolute atomic E-state index is 0.172. The number of nitrogens with zero attached hydrogens (tertiary/aromatic N) is 1. The zero-order valence-electron chi connectivity index (χ0n) is 16.1. The molecule has 2 aliphatic heterocycles. The fourth-order valence-electron chi connectivity index (χ4n) is 4.26. The van der Waals surface area contributed by atoms with E-state index >= 15 is 0 Å². The number of ether oxygens (including phenoxy) is 2. The summed E-state index contributed by atoms with van der Waals surface area (Å²) in [6.45, 7) is 2.82. The van der Waals surface area contributed by atoms with Gasteiger partial charge in [-0.25, -0.2) is 0 Å². The summed E-state index contributed by atoms with van der Waals surface area (Å²) >= 11 is 0. The lowest BCUT2D eigenvalue weighted by Crippen LogP contribution is -2.49. The van der Waals surface area contributed by atoms with Crippen molar-refractivity contribution in [1.29, 1.82) is 0 Å². The van der Waals surface area contributed by atoms with Crippen molar-refractivity contribution in [2.45, 2.75) is 51.0 Å². The molecule has 0 saturated carbocycles. The number of methoxy groups -OCH3 is 2. The summed E-state index contributed by atoms with van der Waals surface area (Å²) in [5, 5.41) is 3.38. The van der Waals surface area contributed by atoms with Crippen molar-refractivity contribution >= 4 is 5.91 Å². The van der Waals surface area contributed by atoms with Crippen LogP contribution in [0.2, 0.25) is 0 Å². The van der Waals surface area contributed by atoms with Crippen LogP contribution in [0, 0.1) is 5.92 Å². The van der Waals surface area contributed by atoms with Gasteiger partial charge in [0, 0.05) is 19.1 Å². The number of carbonyl (C=O) groups excluding carboxylic acids is 1. The average molecular weight is 360 g/mol. The molecule has 0 spiro atoms. The molecule has 144 valence electrons. The number of benzene rings is 1. The second-order valence-corrected chi connectivity index (χ2v) is 7.45. The second-order valence-electron chi connectivity index (χ2n) is 7.45. The Bertz CT molecular complexity index is 599. The van der Waals surface area contributed by atoms with Crippen molar-refractivity contribution in [1.82, 2.24) is 10.2 Å². The van der Waals surface area contributed by atoms with E-state index in [1.807, 2.05) is 6.07 Å². The second kappa shape index (κ2) is 9.26. The van der Waals surface area contributed by atoms with E-state index in [0.717, 1.165) is 69.7 Å². The van der Waals surface area contributed by atoms with E-state index in [0.29, 0.717) is 11.9 Å². The zero-order valence-corrected chi connectivity index (χ0v) is 16.1. The highest BCUT2D eigenvalue weighted by atomic mass is 16.5. The molecule has 2 atom stereocenters. The molecule has 0 radical (unpaired) electrons. The number of carbonyl (C=O) groups is 1. The van der Waals surface area contributed by atoms with E-state index in [1.165, 1.54) is 12.0 Å². The largest absolute Gasteiger partial charge is 0.493 e. The molecule has 1 aromatic rings. The first-order chi connectivity index (χ1) is 12.7. The van der Waals surface area contributed by atoms with Gasteiger partial charge in [0.1, 0.15) is 0 Å². The molecular weight excluding hydrogens is 328 g/mol. The van der Waals surface area contributed by atoms with E-state index in [9.17, 15) is 4.79 Å². The molecule has 26 heavy (non-hydrogen) atoms. The van der Waals surface area contributed by atoms with Gasteiger partial charge in [-0.05, 0) is 69.2 Å². The van der Waals surface area contributed by atoms with Crippen LogP contribution in [-0.2, 0) is 11.2 Å². The first-order valence-electron chi connectivity index (χ1n) is 9.95. The van der Waals surface area contributed by atoms with Gasteiger partial charge in [-0.3, -0.25) is 4.79 Å². The van der Waals surface area contributed by atoms with E-state index in [4.69, 9.17) is 9.47 Å². The quantitative estimate of drug-likeness (QED) is 0.847. The Kier molecular flexibility index (Phi) is 6.78. The standard InChI is InChI=1S/C21H32N2O3/c1-25-19-11-9-16(14-20(19)26-2)8-10-18-7-3-4-13-23(18)21(24)17-6-5-12-22-15-17/h9,11,14,17-18,22H,3-8,10,12-13,15H2,1-2H3. The number of aryl methyl sites for hydroxylation is 1. The average Bonchev–Trinajstić information content (AvgIpc) is 2.72. The van der Waals surface area contributed by atoms with Gasteiger partial charge in [0.25, 0.3) is 0 Å². The van der Waals surface area contributed by atoms with Crippen molar-refractivity contribution < 1.29 is 14.3 Å². The molecule has 1 N–H and O–H groups in total. The van der Waals surface area contributed by atoms with Crippen LogP contribution < -0.4 is 14.8 Å². The van der Waals surface area contributed by atoms with Crippen LogP contribution in [0.5, 0.6) is 11.5 Å². The van der Waals surface area contributed by atoms with E-state index in [1.54, 1.807) is 14.2 Å². The maximum absolute atomic E-state index is 13.0. The Morgan fingerprint density at radius 2 is 2.00 bits per heavy atom. The van der Waals surface area contributed by atoms with Gasteiger partial charge in [-0.2, -0.15) is 0 Å². The minimum atomic E-state index is 0.172. The van der Waals surface area contributed by atoms with E-state index < -0.39 is 0 Å². The maximum atomic E-state index is 13.0. The van der Waals surface area contributed by atoms with Crippen molar-refractivity contribution in [2.24, 2.45) is 5.92 Å². The fourth-order valence-corrected chi connectivity index (χ4v) is 4.26. The van der Waals surface area contributed by atoms with Crippen molar-refractivity contribution in [2.75, 3.05) is 33.9 Å². The normalized spacial score (nSPS) is 23.5. The topological polar surface area (TPSA) is 50.8 Å². The van der Waals surface area contributed by atoms with Crippen molar-refractivity contribution in [3.8, 4) is 11.5 Å². The number of likely N-dealkylation sites (tertiary alicyclic amines) is 1. The predicted octanol–water partition coefficient (Wildman–Crippen LogP) is 3.02. The lowest BCUT2D eigenvalue weighted by molar-refractivity contribution is -0.140. The summed E-state index contributed by atoms with van der Waals surface area (Å²) in [6.07, 6.45) is 7.60. The molecule has 2 saturated heterocycles. The summed E-state index contributed by atoms with van der Waals surface area (Å²) in [7, 11) is 3.32. The summed E-state index contributed by atoms with van der Waals surface area (Å²) in [5.41, 5.74) is 1.24. The highest BCUT2D eigenvalue weighted by molar-refractivity contribution is 5.79. The monoisotopic (exact) mass is 360 g/mol. The van der Waals surface area contributed by atoms with Crippen LogP contribution >= 0.6 is 0 Å². The predicted molar refractivity (Wildman–Crippen MR) is 103 cm³/mol. The molecule has 0 aromatic heterocycles. The van der Waals surface area contributed by atoms with Gasteiger partial charge in [0.2, 0.25) is 5.91 Å². The molecule has 2 heterocycles. The van der Waals surface area contributed by atoms with Crippen LogP contribution in [0.15, 0.2) is 18.2 Å². The van der Waals surface area contributed by atoms with Gasteiger partial charge in [-0.15, -0.1) is 0 Å². The Hall–Kier alpha value is -1.75. The van der Waals surface area contributed by atoms with Crippen LogP contribution in [0.3, 0.4) is 0 Å². The highest BCUT2D eigenvalue weighted by Crippen LogP contribution is 2.29.